The molecule has 3 atom stereocenters. The minimum Gasteiger partial charge on any atom is -0.479 e. The number of hydrogen-bond acceptors (Lipinski definition) is 4. The van der Waals surface area contributed by atoms with Crippen LogP contribution in [0.3, 0.4) is 0 Å². The van der Waals surface area contributed by atoms with Crippen LogP contribution in [0.15, 0.2) is 0 Å². The molecule has 0 aliphatic carbocycles. The van der Waals surface area contributed by atoms with Gasteiger partial charge in [0.15, 0.2) is 6.10 Å². The molecule has 0 spiro atoms. The highest BCUT2D eigenvalue weighted by Crippen LogP contribution is 2.17. The van der Waals surface area contributed by atoms with Gasteiger partial charge in [-0.25, -0.2) is 4.79 Å². The maximum Gasteiger partial charge on any atom is 0.333 e. The molecule has 0 radical (unpaired) electrons. The molecular weight excluding hydrogens is 288 g/mol. The van der Waals surface area contributed by atoms with Crippen molar-refractivity contribution in [2.24, 2.45) is 17.8 Å². The van der Waals surface area contributed by atoms with Gasteiger partial charge in [0.05, 0.1) is 5.92 Å². The van der Waals surface area contributed by atoms with Gasteiger partial charge >= 0.3 is 5.97 Å². The predicted molar refractivity (Wildman–Crippen MR) is 82.0 cm³/mol. The van der Waals surface area contributed by atoms with Crippen LogP contribution in [0, 0.1) is 17.8 Å². The maximum atomic E-state index is 12.3. The van der Waals surface area contributed by atoms with E-state index in [-0.39, 0.29) is 24.2 Å². The number of likely N-dealkylation sites (N-methyl/N-ethyl adjacent to an activating group) is 1. The summed E-state index contributed by atoms with van der Waals surface area (Å²) >= 11 is 0. The molecule has 0 rings (SSSR count). The molecule has 7 heteroatoms. The van der Waals surface area contributed by atoms with Crippen molar-refractivity contribution in [1.29, 1.82) is 0 Å². The summed E-state index contributed by atoms with van der Waals surface area (Å²) in [5, 5.41) is 23.7. The van der Waals surface area contributed by atoms with Crippen molar-refractivity contribution in [2.45, 2.75) is 52.7 Å². The number of nitrogens with one attached hydrogen (secondary N) is 2. The van der Waals surface area contributed by atoms with Gasteiger partial charge < -0.3 is 20.8 Å². The smallest absolute Gasteiger partial charge is 0.333 e. The second-order valence-electron chi connectivity index (χ2n) is 6.32. The van der Waals surface area contributed by atoms with Gasteiger partial charge in [-0.1, -0.05) is 27.7 Å². The lowest BCUT2D eigenvalue weighted by molar-refractivity contribution is -0.154. The standard InChI is InChI=1S/C15H28N2O5/c1-8(2)6-10(12(18)15(21)22)13(19)17-11(7-9(3)4)14(20)16-5/h8-12,18H,6-7H2,1-5H3,(H,16,20)(H,17,19)(H,21,22)/t10-,11+,12+/m1/s1. The quantitative estimate of drug-likeness (QED) is 0.490. The van der Waals surface area contributed by atoms with E-state index >= 15 is 0 Å². The fraction of sp³-hybridized carbons (Fsp3) is 0.800. The van der Waals surface area contributed by atoms with Crippen LogP contribution in [-0.2, 0) is 14.4 Å². The number of aliphatic hydroxyl groups is 1. The summed E-state index contributed by atoms with van der Waals surface area (Å²) < 4.78 is 0. The summed E-state index contributed by atoms with van der Waals surface area (Å²) in [6, 6.07) is -0.742. The zero-order valence-electron chi connectivity index (χ0n) is 13.9. The molecule has 4 N–H and O–H groups in total. The summed E-state index contributed by atoms with van der Waals surface area (Å²) in [4.78, 5) is 35.1. The van der Waals surface area contributed by atoms with Crippen molar-refractivity contribution in [3.63, 3.8) is 0 Å². The summed E-state index contributed by atoms with van der Waals surface area (Å²) in [6.45, 7) is 7.50. The molecule has 0 saturated heterocycles. The average molecular weight is 316 g/mol. The van der Waals surface area contributed by atoms with Crippen molar-refractivity contribution in [1.82, 2.24) is 10.6 Å². The molecule has 128 valence electrons. The monoisotopic (exact) mass is 316 g/mol. The van der Waals surface area contributed by atoms with Gasteiger partial charge in [0.25, 0.3) is 0 Å². The Balaban J connectivity index is 5.10. The zero-order valence-corrected chi connectivity index (χ0v) is 13.9. The van der Waals surface area contributed by atoms with E-state index in [4.69, 9.17) is 5.11 Å². The fourth-order valence-electron chi connectivity index (χ4n) is 2.22. The predicted octanol–water partition coefficient (Wildman–Crippen LogP) is 0.371. The van der Waals surface area contributed by atoms with E-state index in [9.17, 15) is 19.5 Å². The number of aliphatic carboxylic acids is 1. The molecule has 7 nitrogen and oxygen atoms in total. The molecule has 0 aliphatic rings. The molecule has 0 aromatic carbocycles. The molecule has 0 saturated carbocycles. The van der Waals surface area contributed by atoms with E-state index in [2.05, 4.69) is 10.6 Å². The molecule has 0 bridgehead atoms. The number of rotatable bonds is 9. The number of hydrogen-bond donors (Lipinski definition) is 4. The van der Waals surface area contributed by atoms with Crippen LogP contribution in [-0.4, -0.2) is 47.2 Å². The summed E-state index contributed by atoms with van der Waals surface area (Å²) in [5.41, 5.74) is 0. The van der Waals surface area contributed by atoms with E-state index in [1.807, 2.05) is 27.7 Å². The van der Waals surface area contributed by atoms with Gasteiger partial charge in [-0.3, -0.25) is 9.59 Å². The third-order valence-corrected chi connectivity index (χ3v) is 3.28. The number of aliphatic hydroxyl groups excluding tert-OH is 1. The van der Waals surface area contributed by atoms with Gasteiger partial charge in [-0.05, 0) is 24.7 Å². The average Bonchev–Trinajstić information content (AvgIpc) is 2.41. The first kappa shape index (κ1) is 20.4. The SMILES string of the molecule is CNC(=O)[C@H](CC(C)C)NC(=O)[C@H](CC(C)C)[C@H](O)C(=O)O. The molecule has 0 aromatic heterocycles. The molecule has 22 heavy (non-hydrogen) atoms. The van der Waals surface area contributed by atoms with Crippen molar-refractivity contribution in [3.05, 3.63) is 0 Å². The Hall–Kier alpha value is -1.63. The van der Waals surface area contributed by atoms with E-state index in [1.165, 1.54) is 7.05 Å². The fourth-order valence-corrected chi connectivity index (χ4v) is 2.22. The maximum absolute atomic E-state index is 12.3. The van der Waals surface area contributed by atoms with Crippen LogP contribution >= 0.6 is 0 Å². The third-order valence-electron chi connectivity index (χ3n) is 3.28. The number of carboxylic acid groups (broad SMARTS) is 1. The normalized spacial score (nSPS) is 15.3. The molecule has 0 aromatic rings. The Bertz CT molecular complexity index is 395. The highest BCUT2D eigenvalue weighted by Gasteiger charge is 2.34. The minimum absolute atomic E-state index is 0.0355. The number of carboxylic acids is 1. The first-order valence-corrected chi connectivity index (χ1v) is 7.52. The van der Waals surface area contributed by atoms with Crippen LogP contribution in [0.25, 0.3) is 0 Å². The highest BCUT2D eigenvalue weighted by molar-refractivity contribution is 5.90. The van der Waals surface area contributed by atoms with E-state index in [0.29, 0.717) is 6.42 Å². The van der Waals surface area contributed by atoms with Crippen molar-refractivity contribution in [3.8, 4) is 0 Å². The van der Waals surface area contributed by atoms with Crippen molar-refractivity contribution < 1.29 is 24.6 Å². The van der Waals surface area contributed by atoms with E-state index in [1.54, 1.807) is 0 Å². The largest absolute Gasteiger partial charge is 0.479 e. The molecule has 0 fully saturated rings. The minimum atomic E-state index is -1.79. The summed E-state index contributed by atoms with van der Waals surface area (Å²) in [6.07, 6.45) is -1.13. The Morgan fingerprint density at radius 1 is 0.955 bits per heavy atom. The molecule has 0 aliphatic heterocycles. The zero-order chi connectivity index (χ0) is 17.4. The molecule has 2 amide bonds. The topological polar surface area (TPSA) is 116 Å². The van der Waals surface area contributed by atoms with E-state index < -0.39 is 29.9 Å². The van der Waals surface area contributed by atoms with Gasteiger partial charge in [0, 0.05) is 7.05 Å². The lowest BCUT2D eigenvalue weighted by atomic mass is 9.90. The second-order valence-corrected chi connectivity index (χ2v) is 6.32. The van der Waals surface area contributed by atoms with Crippen LogP contribution < -0.4 is 10.6 Å². The molecule has 0 heterocycles. The summed E-state index contributed by atoms with van der Waals surface area (Å²) in [7, 11) is 1.47. The molecular formula is C15H28N2O5. The Morgan fingerprint density at radius 2 is 1.45 bits per heavy atom. The van der Waals surface area contributed by atoms with Crippen LogP contribution in [0.2, 0.25) is 0 Å². The second kappa shape index (κ2) is 9.40. The van der Waals surface area contributed by atoms with Gasteiger partial charge in [-0.15, -0.1) is 0 Å². The third kappa shape index (κ3) is 6.89. The van der Waals surface area contributed by atoms with Crippen LogP contribution in [0.1, 0.15) is 40.5 Å². The van der Waals surface area contributed by atoms with Crippen molar-refractivity contribution in [2.75, 3.05) is 7.05 Å². The van der Waals surface area contributed by atoms with Crippen LogP contribution in [0.4, 0.5) is 0 Å². The molecule has 0 unspecified atom stereocenters. The highest BCUT2D eigenvalue weighted by atomic mass is 16.4. The van der Waals surface area contributed by atoms with Gasteiger partial charge in [-0.2, -0.15) is 0 Å². The van der Waals surface area contributed by atoms with E-state index in [0.717, 1.165) is 0 Å². The lowest BCUT2D eigenvalue weighted by Crippen LogP contribution is -2.51. The lowest BCUT2D eigenvalue weighted by Gasteiger charge is -2.25. The number of carbonyl (C=O) groups is 3. The first-order valence-electron chi connectivity index (χ1n) is 7.52. The number of amides is 2. The van der Waals surface area contributed by atoms with Crippen LogP contribution in [0.5, 0.6) is 0 Å². The Morgan fingerprint density at radius 3 is 1.82 bits per heavy atom. The Kier molecular flexibility index (Phi) is 8.70. The van der Waals surface area contributed by atoms with Gasteiger partial charge in [0.1, 0.15) is 6.04 Å². The number of carbonyl (C=O) groups excluding carboxylic acids is 2. The Labute approximate surface area is 131 Å². The summed E-state index contributed by atoms with van der Waals surface area (Å²) in [5.74, 6) is -3.27. The van der Waals surface area contributed by atoms with Crippen molar-refractivity contribution >= 4 is 17.8 Å². The first-order chi connectivity index (χ1) is 10.1. The van der Waals surface area contributed by atoms with Gasteiger partial charge in [0.2, 0.25) is 11.8 Å².